The molecule has 1 aliphatic heterocycles. The van der Waals surface area contributed by atoms with Crippen LogP contribution in [0, 0.1) is 0 Å². The molecule has 1 atom stereocenters. The maximum absolute atomic E-state index is 12.3. The normalized spacial score (nSPS) is 21.0. The molecule has 4 rings (SSSR count). The number of urea groups is 1. The van der Waals surface area contributed by atoms with Crippen molar-refractivity contribution in [3.05, 3.63) is 52.0 Å². The first-order chi connectivity index (χ1) is 12.3. The van der Waals surface area contributed by atoms with Gasteiger partial charge in [-0.15, -0.1) is 11.3 Å². The third-order valence-electron chi connectivity index (χ3n) is 5.34. The van der Waals surface area contributed by atoms with Crippen LogP contribution in [0.1, 0.15) is 23.2 Å². The summed E-state index contributed by atoms with van der Waals surface area (Å²) >= 11 is 1.56. The molecule has 2 heterocycles. The molecule has 1 fully saturated rings. The Bertz CT molecular complexity index is 710. The largest absolute Gasteiger partial charge is 0.332 e. The second-order valence-electron chi connectivity index (χ2n) is 6.83. The summed E-state index contributed by atoms with van der Waals surface area (Å²) in [4.78, 5) is 21.0. The van der Waals surface area contributed by atoms with Gasteiger partial charge in [-0.3, -0.25) is 4.90 Å². The summed E-state index contributed by atoms with van der Waals surface area (Å²) in [5.41, 5.74) is 5.74. The first kappa shape index (κ1) is 16.5. The number of piperazine rings is 1. The zero-order chi connectivity index (χ0) is 17.1. The molecular formula is C19H24N4OS. The average molecular weight is 356 g/mol. The van der Waals surface area contributed by atoms with Crippen LogP contribution in [-0.4, -0.2) is 53.0 Å². The van der Waals surface area contributed by atoms with Crippen molar-refractivity contribution in [2.45, 2.75) is 31.8 Å². The first-order valence-electron chi connectivity index (χ1n) is 9.00. The second kappa shape index (κ2) is 7.54. The predicted molar refractivity (Wildman–Crippen MR) is 99.8 cm³/mol. The number of carbonyl (C=O) groups is 1. The van der Waals surface area contributed by atoms with Gasteiger partial charge in [-0.1, -0.05) is 24.3 Å². The number of rotatable bonds is 3. The highest BCUT2D eigenvalue weighted by molar-refractivity contribution is 7.07. The van der Waals surface area contributed by atoms with Crippen molar-refractivity contribution < 1.29 is 4.79 Å². The van der Waals surface area contributed by atoms with Gasteiger partial charge in [0.2, 0.25) is 0 Å². The van der Waals surface area contributed by atoms with Gasteiger partial charge in [0, 0.05) is 37.6 Å². The van der Waals surface area contributed by atoms with E-state index >= 15 is 0 Å². The maximum Gasteiger partial charge on any atom is 0.317 e. The van der Waals surface area contributed by atoms with E-state index in [0.29, 0.717) is 12.6 Å². The molecule has 2 aromatic rings. The van der Waals surface area contributed by atoms with Crippen molar-refractivity contribution in [3.8, 4) is 0 Å². The summed E-state index contributed by atoms with van der Waals surface area (Å²) in [6.45, 7) is 4.07. The van der Waals surface area contributed by atoms with E-state index in [1.807, 2.05) is 10.3 Å². The Balaban J connectivity index is 1.26. The molecule has 1 aromatic carbocycles. The summed E-state index contributed by atoms with van der Waals surface area (Å²) in [7, 11) is 0. The van der Waals surface area contributed by atoms with Crippen molar-refractivity contribution in [2.75, 3.05) is 26.2 Å². The smallest absolute Gasteiger partial charge is 0.317 e. The minimum Gasteiger partial charge on any atom is -0.332 e. The standard InChI is InChI=1S/C19H24N4OS/c24-19(20-12-17-13-25-14-21-17)23-9-7-22(8-10-23)18-6-5-15-3-1-2-4-16(15)11-18/h1-4,13-14,18H,5-12H2,(H,20,24)/t18-/m1/s1. The Morgan fingerprint density at radius 1 is 1.20 bits per heavy atom. The number of benzene rings is 1. The maximum atomic E-state index is 12.3. The Morgan fingerprint density at radius 3 is 2.76 bits per heavy atom. The van der Waals surface area contributed by atoms with Crippen molar-refractivity contribution in [2.24, 2.45) is 0 Å². The number of hydrogen-bond acceptors (Lipinski definition) is 4. The summed E-state index contributed by atoms with van der Waals surface area (Å²) in [5.74, 6) is 0. The first-order valence-corrected chi connectivity index (χ1v) is 9.94. The minimum absolute atomic E-state index is 0.0293. The molecule has 132 valence electrons. The van der Waals surface area contributed by atoms with Gasteiger partial charge in [0.1, 0.15) is 0 Å². The highest BCUT2D eigenvalue weighted by atomic mass is 32.1. The van der Waals surface area contributed by atoms with Crippen molar-refractivity contribution in [1.29, 1.82) is 0 Å². The number of carbonyl (C=O) groups excluding carboxylic acids is 1. The molecule has 1 N–H and O–H groups in total. The molecule has 25 heavy (non-hydrogen) atoms. The highest BCUT2D eigenvalue weighted by Crippen LogP contribution is 2.25. The number of thiazole rings is 1. The number of amides is 2. The summed E-state index contributed by atoms with van der Waals surface area (Å²) in [6, 6.07) is 9.46. The van der Waals surface area contributed by atoms with E-state index in [-0.39, 0.29) is 6.03 Å². The molecule has 1 saturated heterocycles. The zero-order valence-electron chi connectivity index (χ0n) is 14.4. The Hall–Kier alpha value is -1.92. The van der Waals surface area contributed by atoms with Gasteiger partial charge >= 0.3 is 6.03 Å². The quantitative estimate of drug-likeness (QED) is 0.919. The van der Waals surface area contributed by atoms with E-state index < -0.39 is 0 Å². The van der Waals surface area contributed by atoms with Gasteiger partial charge < -0.3 is 10.2 Å². The van der Waals surface area contributed by atoms with Crippen LogP contribution < -0.4 is 5.32 Å². The zero-order valence-corrected chi connectivity index (χ0v) is 15.2. The molecule has 2 amide bonds. The molecule has 1 aliphatic carbocycles. The lowest BCUT2D eigenvalue weighted by Gasteiger charge is -2.41. The Morgan fingerprint density at radius 2 is 2.00 bits per heavy atom. The van der Waals surface area contributed by atoms with Crippen LogP contribution in [0.4, 0.5) is 4.79 Å². The lowest BCUT2D eigenvalue weighted by Crippen LogP contribution is -2.55. The third kappa shape index (κ3) is 3.85. The van der Waals surface area contributed by atoms with E-state index in [0.717, 1.165) is 38.3 Å². The van der Waals surface area contributed by atoms with Crippen LogP contribution in [0.3, 0.4) is 0 Å². The fraction of sp³-hybridized carbons (Fsp3) is 0.474. The number of aryl methyl sites for hydroxylation is 1. The fourth-order valence-corrected chi connectivity index (χ4v) is 4.44. The average Bonchev–Trinajstić information content (AvgIpc) is 3.19. The molecule has 5 nitrogen and oxygen atoms in total. The molecule has 0 saturated carbocycles. The van der Waals surface area contributed by atoms with E-state index in [1.165, 1.54) is 24.0 Å². The Labute approximate surface area is 152 Å². The van der Waals surface area contributed by atoms with E-state index in [4.69, 9.17) is 0 Å². The van der Waals surface area contributed by atoms with Crippen LogP contribution in [0.25, 0.3) is 0 Å². The van der Waals surface area contributed by atoms with Crippen LogP contribution in [0.2, 0.25) is 0 Å². The molecule has 0 bridgehead atoms. The summed E-state index contributed by atoms with van der Waals surface area (Å²) in [6.07, 6.45) is 3.55. The van der Waals surface area contributed by atoms with Crippen LogP contribution in [-0.2, 0) is 19.4 Å². The SMILES string of the molecule is O=C(NCc1cscn1)N1CCN([C@@H]2CCc3ccccc3C2)CC1. The predicted octanol–water partition coefficient (Wildman–Crippen LogP) is 2.53. The minimum atomic E-state index is 0.0293. The number of fused-ring (bicyclic) bond motifs is 1. The molecule has 2 aliphatic rings. The van der Waals surface area contributed by atoms with Gasteiger partial charge in [-0.2, -0.15) is 0 Å². The van der Waals surface area contributed by atoms with E-state index in [9.17, 15) is 4.79 Å². The highest BCUT2D eigenvalue weighted by Gasteiger charge is 2.28. The lowest BCUT2D eigenvalue weighted by molar-refractivity contribution is 0.101. The van der Waals surface area contributed by atoms with Crippen molar-refractivity contribution >= 4 is 17.4 Å². The Kier molecular flexibility index (Phi) is 4.99. The number of hydrogen-bond donors (Lipinski definition) is 1. The third-order valence-corrected chi connectivity index (χ3v) is 5.98. The molecule has 0 radical (unpaired) electrons. The number of aromatic nitrogens is 1. The fourth-order valence-electron chi connectivity index (χ4n) is 3.88. The summed E-state index contributed by atoms with van der Waals surface area (Å²) < 4.78 is 0. The number of nitrogens with one attached hydrogen (secondary N) is 1. The summed E-state index contributed by atoms with van der Waals surface area (Å²) in [5, 5.41) is 4.95. The van der Waals surface area contributed by atoms with Gasteiger partial charge in [-0.05, 0) is 30.4 Å². The van der Waals surface area contributed by atoms with Crippen LogP contribution in [0.5, 0.6) is 0 Å². The van der Waals surface area contributed by atoms with Gasteiger partial charge in [0.15, 0.2) is 0 Å². The van der Waals surface area contributed by atoms with Gasteiger partial charge in [-0.25, -0.2) is 9.78 Å². The lowest BCUT2D eigenvalue weighted by atomic mass is 9.87. The monoisotopic (exact) mass is 356 g/mol. The van der Waals surface area contributed by atoms with Crippen molar-refractivity contribution in [1.82, 2.24) is 20.1 Å². The van der Waals surface area contributed by atoms with Gasteiger partial charge in [0.25, 0.3) is 0 Å². The van der Waals surface area contributed by atoms with Crippen molar-refractivity contribution in [3.63, 3.8) is 0 Å². The molecule has 0 unspecified atom stereocenters. The van der Waals surface area contributed by atoms with Crippen LogP contribution in [0.15, 0.2) is 35.2 Å². The van der Waals surface area contributed by atoms with Gasteiger partial charge in [0.05, 0.1) is 17.7 Å². The van der Waals surface area contributed by atoms with E-state index in [1.54, 1.807) is 16.8 Å². The number of nitrogens with zero attached hydrogens (tertiary/aromatic N) is 3. The molecule has 1 aromatic heterocycles. The second-order valence-corrected chi connectivity index (χ2v) is 7.55. The molecule has 6 heteroatoms. The van der Waals surface area contributed by atoms with Crippen LogP contribution >= 0.6 is 11.3 Å². The molecule has 0 spiro atoms. The molecular weight excluding hydrogens is 332 g/mol. The van der Waals surface area contributed by atoms with E-state index in [2.05, 4.69) is 39.5 Å². The topological polar surface area (TPSA) is 48.5 Å².